The normalized spacial score (nSPS) is 10.3. The second kappa shape index (κ2) is 9.81. The lowest BCUT2D eigenvalue weighted by atomic mass is 10.1. The summed E-state index contributed by atoms with van der Waals surface area (Å²) in [5.74, 6) is -0.970. The van der Waals surface area contributed by atoms with Crippen LogP contribution in [0.15, 0.2) is 54.6 Å². The van der Waals surface area contributed by atoms with Crippen molar-refractivity contribution in [2.24, 2.45) is 0 Å². The monoisotopic (exact) mass is 419 g/mol. The number of aromatic nitrogens is 1. The number of anilines is 1. The zero-order valence-electron chi connectivity index (χ0n) is 16.8. The number of ether oxygens (including phenoxy) is 1. The summed E-state index contributed by atoms with van der Waals surface area (Å²) >= 11 is 1.24. The third-order valence-corrected chi connectivity index (χ3v) is 5.34. The van der Waals surface area contributed by atoms with Crippen molar-refractivity contribution in [3.05, 3.63) is 70.0 Å². The number of hydrogen-bond donors (Lipinski definition) is 0. The fraction of sp³-hybridized carbons (Fsp3) is 0.217. The van der Waals surface area contributed by atoms with E-state index in [1.54, 1.807) is 0 Å². The van der Waals surface area contributed by atoms with E-state index in [1.807, 2.05) is 74.5 Å². The van der Waals surface area contributed by atoms with Gasteiger partial charge in [0.05, 0.1) is 23.2 Å². The summed E-state index contributed by atoms with van der Waals surface area (Å²) in [6.45, 7) is 3.59. The van der Waals surface area contributed by atoms with Crippen molar-refractivity contribution in [1.82, 2.24) is 4.98 Å². The zero-order chi connectivity index (χ0) is 21.5. The number of rotatable bonds is 7. The fourth-order valence-electron chi connectivity index (χ4n) is 2.91. The molecule has 0 aliphatic carbocycles. The highest BCUT2D eigenvalue weighted by Crippen LogP contribution is 2.28. The highest BCUT2D eigenvalue weighted by Gasteiger charge is 2.22. The maximum atomic E-state index is 12.8. The van der Waals surface area contributed by atoms with Gasteiger partial charge in [-0.15, -0.1) is 11.3 Å². The van der Waals surface area contributed by atoms with Gasteiger partial charge in [0.15, 0.2) is 6.61 Å². The van der Waals surface area contributed by atoms with Crippen LogP contribution in [0.5, 0.6) is 0 Å². The van der Waals surface area contributed by atoms with Gasteiger partial charge >= 0.3 is 5.97 Å². The topological polar surface area (TPSA) is 83.3 Å². The Morgan fingerprint density at radius 1 is 1.10 bits per heavy atom. The Kier molecular flexibility index (Phi) is 6.94. The maximum absolute atomic E-state index is 12.8. The summed E-state index contributed by atoms with van der Waals surface area (Å²) < 4.78 is 5.33. The van der Waals surface area contributed by atoms with E-state index in [2.05, 4.69) is 4.98 Å². The smallest absolute Gasteiger partial charge is 0.351 e. The predicted molar refractivity (Wildman–Crippen MR) is 116 cm³/mol. The van der Waals surface area contributed by atoms with Gasteiger partial charge in [0.1, 0.15) is 4.88 Å². The molecular formula is C23H21N3O3S. The van der Waals surface area contributed by atoms with Crippen LogP contribution in [0.2, 0.25) is 0 Å². The fourth-order valence-corrected chi connectivity index (χ4v) is 3.75. The number of hydrogen-bond acceptors (Lipinski definition) is 6. The molecule has 2 aromatic carbocycles. The molecule has 7 heteroatoms. The molecule has 0 atom stereocenters. The van der Waals surface area contributed by atoms with Gasteiger partial charge in [-0.1, -0.05) is 48.0 Å². The molecule has 0 radical (unpaired) electrons. The van der Waals surface area contributed by atoms with Crippen molar-refractivity contribution in [2.75, 3.05) is 18.1 Å². The lowest BCUT2D eigenvalue weighted by Gasteiger charge is -2.21. The van der Waals surface area contributed by atoms with Crippen LogP contribution in [0.25, 0.3) is 11.3 Å². The van der Waals surface area contributed by atoms with Crippen molar-refractivity contribution >= 4 is 28.9 Å². The summed E-state index contributed by atoms with van der Waals surface area (Å²) in [4.78, 5) is 31.7. The predicted octanol–water partition coefficient (Wildman–Crippen LogP) is 4.53. The molecule has 0 aliphatic rings. The molecule has 0 bridgehead atoms. The van der Waals surface area contributed by atoms with E-state index in [-0.39, 0.29) is 18.9 Å². The summed E-state index contributed by atoms with van der Waals surface area (Å²) in [5, 5.41) is 9.66. The summed E-state index contributed by atoms with van der Waals surface area (Å²) in [5.41, 5.74) is 3.09. The van der Waals surface area contributed by atoms with E-state index in [0.29, 0.717) is 16.3 Å². The SMILES string of the molecule is Cc1ccc(N(CCC#N)C(=O)COC(=O)c2sc(C)nc2-c2ccccc2)cc1. The minimum absolute atomic E-state index is 0.180. The van der Waals surface area contributed by atoms with Crippen LogP contribution in [-0.2, 0) is 9.53 Å². The Bertz CT molecular complexity index is 1070. The summed E-state index contributed by atoms with van der Waals surface area (Å²) in [6.07, 6.45) is 0.180. The van der Waals surface area contributed by atoms with Gasteiger partial charge in [-0.05, 0) is 26.0 Å². The van der Waals surface area contributed by atoms with Gasteiger partial charge < -0.3 is 9.64 Å². The van der Waals surface area contributed by atoms with E-state index in [0.717, 1.165) is 16.1 Å². The van der Waals surface area contributed by atoms with E-state index in [4.69, 9.17) is 10.00 Å². The second-order valence-corrected chi connectivity index (χ2v) is 7.85. The number of amides is 1. The molecule has 0 unspecified atom stereocenters. The van der Waals surface area contributed by atoms with E-state index in [9.17, 15) is 9.59 Å². The summed E-state index contributed by atoms with van der Waals surface area (Å²) in [6, 6.07) is 18.8. The van der Waals surface area contributed by atoms with Crippen molar-refractivity contribution in [2.45, 2.75) is 20.3 Å². The van der Waals surface area contributed by atoms with Crippen LogP contribution >= 0.6 is 11.3 Å². The molecule has 0 spiro atoms. The van der Waals surface area contributed by atoms with Gasteiger partial charge in [-0.25, -0.2) is 9.78 Å². The van der Waals surface area contributed by atoms with Crippen LogP contribution in [0.3, 0.4) is 0 Å². The third kappa shape index (κ3) is 5.10. The average molecular weight is 420 g/mol. The van der Waals surface area contributed by atoms with Crippen molar-refractivity contribution in [3.8, 4) is 17.3 Å². The van der Waals surface area contributed by atoms with E-state index >= 15 is 0 Å². The van der Waals surface area contributed by atoms with Gasteiger partial charge in [-0.3, -0.25) is 4.79 Å². The van der Waals surface area contributed by atoms with Gasteiger partial charge in [0.25, 0.3) is 5.91 Å². The molecule has 3 rings (SSSR count). The number of nitriles is 1. The molecule has 0 aliphatic heterocycles. The Morgan fingerprint density at radius 3 is 2.47 bits per heavy atom. The number of thiazole rings is 1. The highest BCUT2D eigenvalue weighted by atomic mass is 32.1. The number of nitrogens with zero attached hydrogens (tertiary/aromatic N) is 3. The molecule has 30 heavy (non-hydrogen) atoms. The molecule has 3 aromatic rings. The van der Waals surface area contributed by atoms with Crippen LogP contribution in [0, 0.1) is 25.2 Å². The van der Waals surface area contributed by atoms with Crippen molar-refractivity contribution < 1.29 is 14.3 Å². The first-order chi connectivity index (χ1) is 14.5. The molecular weight excluding hydrogens is 398 g/mol. The van der Waals surface area contributed by atoms with Gasteiger partial charge in [-0.2, -0.15) is 5.26 Å². The minimum Gasteiger partial charge on any atom is -0.451 e. The Hall–Kier alpha value is -3.50. The first kappa shape index (κ1) is 21.2. The molecule has 0 saturated carbocycles. The van der Waals surface area contributed by atoms with Crippen LogP contribution in [0.4, 0.5) is 5.69 Å². The number of carbonyl (C=O) groups is 2. The maximum Gasteiger partial charge on any atom is 0.351 e. The Labute approximate surface area is 179 Å². The highest BCUT2D eigenvalue weighted by molar-refractivity contribution is 7.14. The molecule has 1 aromatic heterocycles. The molecule has 6 nitrogen and oxygen atoms in total. The van der Waals surface area contributed by atoms with E-state index < -0.39 is 12.6 Å². The number of carbonyl (C=O) groups excluding carboxylic acids is 2. The first-order valence-corrected chi connectivity index (χ1v) is 10.2. The zero-order valence-corrected chi connectivity index (χ0v) is 17.6. The lowest BCUT2D eigenvalue weighted by molar-refractivity contribution is -0.121. The van der Waals surface area contributed by atoms with Gasteiger partial charge in [0.2, 0.25) is 0 Å². The Morgan fingerprint density at radius 2 is 1.80 bits per heavy atom. The standard InChI is InChI=1S/C23H21N3O3S/c1-16-9-11-19(12-10-16)26(14-6-13-24)20(27)15-29-23(28)22-21(25-17(2)30-22)18-7-4-3-5-8-18/h3-5,7-12H,6,14-15H2,1-2H3. The number of esters is 1. The van der Waals surface area contributed by atoms with Crippen molar-refractivity contribution in [3.63, 3.8) is 0 Å². The third-order valence-electron chi connectivity index (χ3n) is 4.39. The minimum atomic E-state index is -0.586. The first-order valence-electron chi connectivity index (χ1n) is 9.43. The second-order valence-electron chi connectivity index (χ2n) is 6.64. The largest absolute Gasteiger partial charge is 0.451 e. The molecule has 152 valence electrons. The van der Waals surface area contributed by atoms with E-state index in [1.165, 1.54) is 16.2 Å². The average Bonchev–Trinajstić information content (AvgIpc) is 3.16. The molecule has 1 heterocycles. The summed E-state index contributed by atoms with van der Waals surface area (Å²) in [7, 11) is 0. The molecule has 1 amide bonds. The Balaban J connectivity index is 1.74. The lowest BCUT2D eigenvalue weighted by Crippen LogP contribution is -2.35. The van der Waals surface area contributed by atoms with Crippen LogP contribution < -0.4 is 4.90 Å². The molecule has 0 fully saturated rings. The number of aryl methyl sites for hydroxylation is 2. The quantitative estimate of drug-likeness (QED) is 0.526. The molecule has 0 N–H and O–H groups in total. The van der Waals surface area contributed by atoms with Gasteiger partial charge in [0, 0.05) is 17.8 Å². The molecule has 0 saturated heterocycles. The van der Waals surface area contributed by atoms with Crippen LogP contribution in [0.1, 0.15) is 26.7 Å². The van der Waals surface area contributed by atoms with Crippen molar-refractivity contribution in [1.29, 1.82) is 5.26 Å². The van der Waals surface area contributed by atoms with Crippen LogP contribution in [-0.4, -0.2) is 30.0 Å². The number of benzene rings is 2.